The van der Waals surface area contributed by atoms with Crippen LogP contribution in [0.1, 0.15) is 39.0 Å². The van der Waals surface area contributed by atoms with Crippen molar-refractivity contribution in [2.45, 2.75) is 51.1 Å². The lowest BCUT2D eigenvalue weighted by atomic mass is 9.92. The molecule has 2 heteroatoms. The van der Waals surface area contributed by atoms with E-state index in [1.54, 1.807) is 7.11 Å². The van der Waals surface area contributed by atoms with E-state index in [0.29, 0.717) is 6.04 Å². The maximum absolute atomic E-state index is 5.16. The molecular formula is C10H21NO. The van der Waals surface area contributed by atoms with E-state index in [9.17, 15) is 0 Å². The SMILES string of the molecule is CCCC(COC)NC1CCC1. The largest absolute Gasteiger partial charge is 0.383 e. The molecule has 1 saturated carbocycles. The van der Waals surface area contributed by atoms with E-state index in [1.807, 2.05) is 0 Å². The fourth-order valence-electron chi connectivity index (χ4n) is 1.67. The highest BCUT2D eigenvalue weighted by Crippen LogP contribution is 2.19. The Balaban J connectivity index is 2.11. The van der Waals surface area contributed by atoms with Crippen LogP contribution in [0, 0.1) is 0 Å². The summed E-state index contributed by atoms with van der Waals surface area (Å²) in [6.07, 6.45) is 6.62. The lowest BCUT2D eigenvalue weighted by Gasteiger charge is -2.31. The summed E-state index contributed by atoms with van der Waals surface area (Å²) in [5.74, 6) is 0. The van der Waals surface area contributed by atoms with Gasteiger partial charge in [0.15, 0.2) is 0 Å². The molecule has 0 aromatic carbocycles. The van der Waals surface area contributed by atoms with Crippen molar-refractivity contribution in [3.8, 4) is 0 Å². The van der Waals surface area contributed by atoms with Gasteiger partial charge in [-0.05, 0) is 19.3 Å². The molecule has 0 aliphatic heterocycles. The molecule has 12 heavy (non-hydrogen) atoms. The summed E-state index contributed by atoms with van der Waals surface area (Å²) in [5, 5.41) is 3.63. The van der Waals surface area contributed by atoms with E-state index >= 15 is 0 Å². The molecule has 0 aromatic heterocycles. The van der Waals surface area contributed by atoms with Crippen molar-refractivity contribution in [2.24, 2.45) is 0 Å². The van der Waals surface area contributed by atoms with Crippen LogP contribution >= 0.6 is 0 Å². The second-order valence-electron chi connectivity index (χ2n) is 3.74. The molecule has 2 nitrogen and oxygen atoms in total. The van der Waals surface area contributed by atoms with Gasteiger partial charge in [0.25, 0.3) is 0 Å². The van der Waals surface area contributed by atoms with Crippen molar-refractivity contribution in [2.75, 3.05) is 13.7 Å². The topological polar surface area (TPSA) is 21.3 Å². The van der Waals surface area contributed by atoms with E-state index in [2.05, 4.69) is 12.2 Å². The van der Waals surface area contributed by atoms with Gasteiger partial charge >= 0.3 is 0 Å². The average molecular weight is 171 g/mol. The molecule has 0 aromatic rings. The first-order valence-electron chi connectivity index (χ1n) is 5.11. The molecule has 1 aliphatic rings. The van der Waals surface area contributed by atoms with Gasteiger partial charge in [-0.1, -0.05) is 19.8 Å². The lowest BCUT2D eigenvalue weighted by Crippen LogP contribution is -2.44. The molecule has 0 amide bonds. The van der Waals surface area contributed by atoms with E-state index in [1.165, 1.54) is 32.1 Å². The Morgan fingerprint density at radius 3 is 2.67 bits per heavy atom. The Hall–Kier alpha value is -0.0800. The Labute approximate surface area is 75.7 Å². The predicted octanol–water partition coefficient (Wildman–Crippen LogP) is 1.94. The molecule has 0 bridgehead atoms. The first-order valence-corrected chi connectivity index (χ1v) is 5.11. The number of methoxy groups -OCH3 is 1. The van der Waals surface area contributed by atoms with E-state index in [-0.39, 0.29) is 0 Å². The van der Waals surface area contributed by atoms with Gasteiger partial charge in [0.2, 0.25) is 0 Å². The fraction of sp³-hybridized carbons (Fsp3) is 1.00. The van der Waals surface area contributed by atoms with Crippen molar-refractivity contribution in [3.05, 3.63) is 0 Å². The smallest absolute Gasteiger partial charge is 0.0615 e. The van der Waals surface area contributed by atoms with Gasteiger partial charge in [-0.2, -0.15) is 0 Å². The third kappa shape index (κ3) is 3.11. The van der Waals surface area contributed by atoms with Crippen LogP contribution in [0.4, 0.5) is 0 Å². The quantitative estimate of drug-likeness (QED) is 0.659. The van der Waals surface area contributed by atoms with Crippen LogP contribution in [-0.4, -0.2) is 25.8 Å². The third-order valence-electron chi connectivity index (χ3n) is 2.58. The Kier molecular flexibility index (Phi) is 4.62. The zero-order valence-corrected chi connectivity index (χ0v) is 8.31. The summed E-state index contributed by atoms with van der Waals surface area (Å²) in [7, 11) is 1.78. The molecule has 0 radical (unpaired) electrons. The van der Waals surface area contributed by atoms with E-state index in [0.717, 1.165) is 12.6 Å². The first kappa shape index (κ1) is 10.0. The molecule has 72 valence electrons. The summed E-state index contributed by atoms with van der Waals surface area (Å²) >= 11 is 0. The van der Waals surface area contributed by atoms with Crippen molar-refractivity contribution in [1.29, 1.82) is 0 Å². The molecule has 0 spiro atoms. The molecule has 1 N–H and O–H groups in total. The van der Waals surface area contributed by atoms with Crippen molar-refractivity contribution in [1.82, 2.24) is 5.32 Å². The zero-order valence-electron chi connectivity index (χ0n) is 8.31. The van der Waals surface area contributed by atoms with Crippen LogP contribution in [0.25, 0.3) is 0 Å². The lowest BCUT2D eigenvalue weighted by molar-refractivity contribution is 0.146. The number of rotatable bonds is 6. The van der Waals surface area contributed by atoms with Gasteiger partial charge in [0, 0.05) is 19.2 Å². The van der Waals surface area contributed by atoms with Crippen LogP contribution in [0.15, 0.2) is 0 Å². The molecule has 1 rings (SSSR count). The van der Waals surface area contributed by atoms with Crippen molar-refractivity contribution >= 4 is 0 Å². The predicted molar refractivity (Wildman–Crippen MR) is 51.3 cm³/mol. The minimum Gasteiger partial charge on any atom is -0.383 e. The number of ether oxygens (including phenoxy) is 1. The van der Waals surface area contributed by atoms with Gasteiger partial charge < -0.3 is 10.1 Å². The highest BCUT2D eigenvalue weighted by Gasteiger charge is 2.20. The fourth-order valence-corrected chi connectivity index (χ4v) is 1.67. The van der Waals surface area contributed by atoms with Crippen molar-refractivity contribution in [3.63, 3.8) is 0 Å². The molecule has 0 saturated heterocycles. The third-order valence-corrected chi connectivity index (χ3v) is 2.58. The summed E-state index contributed by atoms with van der Waals surface area (Å²) in [5.41, 5.74) is 0. The summed E-state index contributed by atoms with van der Waals surface area (Å²) in [6.45, 7) is 3.09. The second-order valence-corrected chi connectivity index (χ2v) is 3.74. The molecule has 1 aliphatic carbocycles. The monoisotopic (exact) mass is 171 g/mol. The van der Waals surface area contributed by atoms with Crippen LogP contribution in [-0.2, 0) is 4.74 Å². The number of nitrogens with one attached hydrogen (secondary N) is 1. The number of hydrogen-bond donors (Lipinski definition) is 1. The standard InChI is InChI=1S/C10H21NO/c1-3-5-10(8-12-2)11-9-6-4-7-9/h9-11H,3-8H2,1-2H3. The molecular weight excluding hydrogens is 150 g/mol. The van der Waals surface area contributed by atoms with Crippen LogP contribution in [0.2, 0.25) is 0 Å². The zero-order chi connectivity index (χ0) is 8.81. The highest BCUT2D eigenvalue weighted by molar-refractivity contribution is 4.80. The maximum Gasteiger partial charge on any atom is 0.0615 e. The van der Waals surface area contributed by atoms with Gasteiger partial charge in [-0.15, -0.1) is 0 Å². The van der Waals surface area contributed by atoms with Crippen LogP contribution in [0.5, 0.6) is 0 Å². The summed E-state index contributed by atoms with van der Waals surface area (Å²) in [4.78, 5) is 0. The average Bonchev–Trinajstić information content (AvgIpc) is 1.97. The van der Waals surface area contributed by atoms with Crippen LogP contribution in [0.3, 0.4) is 0 Å². The molecule has 0 heterocycles. The normalized spacial score (nSPS) is 20.5. The van der Waals surface area contributed by atoms with E-state index < -0.39 is 0 Å². The van der Waals surface area contributed by atoms with Gasteiger partial charge in [-0.3, -0.25) is 0 Å². The second kappa shape index (κ2) is 5.55. The van der Waals surface area contributed by atoms with Gasteiger partial charge in [-0.25, -0.2) is 0 Å². The minimum atomic E-state index is 0.588. The Morgan fingerprint density at radius 2 is 2.25 bits per heavy atom. The Bertz CT molecular complexity index is 106. The van der Waals surface area contributed by atoms with Crippen molar-refractivity contribution < 1.29 is 4.74 Å². The maximum atomic E-state index is 5.16. The minimum absolute atomic E-state index is 0.588. The molecule has 1 unspecified atom stereocenters. The number of hydrogen-bond acceptors (Lipinski definition) is 2. The van der Waals surface area contributed by atoms with E-state index in [4.69, 9.17) is 4.74 Å². The summed E-state index contributed by atoms with van der Waals surface area (Å²) < 4.78 is 5.16. The highest BCUT2D eigenvalue weighted by atomic mass is 16.5. The first-order chi connectivity index (χ1) is 5.86. The Morgan fingerprint density at radius 1 is 1.50 bits per heavy atom. The molecule has 1 atom stereocenters. The van der Waals surface area contributed by atoms with Gasteiger partial charge in [0.1, 0.15) is 0 Å². The van der Waals surface area contributed by atoms with Gasteiger partial charge in [0.05, 0.1) is 6.61 Å². The molecule has 1 fully saturated rings. The summed E-state index contributed by atoms with van der Waals surface area (Å²) in [6, 6.07) is 1.38. The van der Waals surface area contributed by atoms with Crippen LogP contribution < -0.4 is 5.32 Å².